The van der Waals surface area contributed by atoms with Gasteiger partial charge in [0.1, 0.15) is 6.61 Å². The molecule has 0 heterocycles. The van der Waals surface area contributed by atoms with Gasteiger partial charge in [0.25, 0.3) is 0 Å². The molecule has 0 amide bonds. The normalized spacial score (nSPS) is 10.5. The number of benzene rings is 1. The van der Waals surface area contributed by atoms with Crippen LogP contribution in [-0.4, -0.2) is 5.97 Å². The number of carbonyl (C=O) groups is 1. The van der Waals surface area contributed by atoms with E-state index in [-0.39, 0.29) is 5.97 Å². The zero-order chi connectivity index (χ0) is 14.1. The fraction of sp³-hybridized carbons (Fsp3) is 0.588. The molecule has 1 aromatic rings. The third kappa shape index (κ3) is 5.46. The summed E-state index contributed by atoms with van der Waals surface area (Å²) in [5.41, 5.74) is 3.79. The first-order valence-electron chi connectivity index (χ1n) is 7.47. The van der Waals surface area contributed by atoms with Crippen LogP contribution in [0.3, 0.4) is 0 Å². The van der Waals surface area contributed by atoms with E-state index in [1.54, 1.807) is 0 Å². The first kappa shape index (κ1) is 15.7. The fourth-order valence-electron chi connectivity index (χ4n) is 2.10. The monoisotopic (exact) mass is 262 g/mol. The zero-order valence-electron chi connectivity index (χ0n) is 12.5. The van der Waals surface area contributed by atoms with Crippen molar-refractivity contribution in [2.24, 2.45) is 0 Å². The molecule has 0 bridgehead atoms. The van der Waals surface area contributed by atoms with Gasteiger partial charge in [-0.15, -0.1) is 0 Å². The summed E-state index contributed by atoms with van der Waals surface area (Å²) in [7, 11) is 0. The Balaban J connectivity index is 2.66. The molecule has 2 nitrogen and oxygen atoms in total. The maximum atomic E-state index is 11.6. The number of rotatable bonds is 8. The highest BCUT2D eigenvalue weighted by Crippen LogP contribution is 2.16. The number of aryl methyl sites for hydroxylation is 2. The molecule has 0 aliphatic carbocycles. The number of ether oxygens (including phenoxy) is 1. The molecule has 0 aliphatic rings. The minimum Gasteiger partial charge on any atom is -0.461 e. The molecule has 0 aliphatic heterocycles. The number of hydrogen-bond acceptors (Lipinski definition) is 2. The van der Waals surface area contributed by atoms with Crippen LogP contribution >= 0.6 is 0 Å². The zero-order valence-corrected chi connectivity index (χ0v) is 12.5. The quantitative estimate of drug-likeness (QED) is 0.648. The molecule has 1 rings (SSSR count). The van der Waals surface area contributed by atoms with Gasteiger partial charge in [-0.3, -0.25) is 4.79 Å². The van der Waals surface area contributed by atoms with Gasteiger partial charge >= 0.3 is 5.97 Å². The van der Waals surface area contributed by atoms with E-state index in [1.165, 1.54) is 16.7 Å². The number of unbranched alkanes of at least 4 members (excludes halogenated alkanes) is 1. The van der Waals surface area contributed by atoms with Crippen LogP contribution in [0.5, 0.6) is 0 Å². The van der Waals surface area contributed by atoms with Crippen molar-refractivity contribution >= 4 is 5.97 Å². The van der Waals surface area contributed by atoms with Gasteiger partial charge in [0.2, 0.25) is 0 Å². The first-order valence-corrected chi connectivity index (χ1v) is 7.47. The van der Waals surface area contributed by atoms with Crippen molar-refractivity contribution in [1.82, 2.24) is 0 Å². The van der Waals surface area contributed by atoms with E-state index in [1.807, 2.05) is 0 Å². The molecule has 0 aromatic heterocycles. The molecule has 0 saturated heterocycles. The largest absolute Gasteiger partial charge is 0.461 e. The van der Waals surface area contributed by atoms with Gasteiger partial charge in [-0.1, -0.05) is 51.8 Å². The van der Waals surface area contributed by atoms with Gasteiger partial charge in [-0.05, 0) is 36.0 Å². The molecular formula is C17H26O2. The van der Waals surface area contributed by atoms with Crippen molar-refractivity contribution < 1.29 is 9.53 Å². The van der Waals surface area contributed by atoms with Crippen molar-refractivity contribution in [2.45, 2.75) is 65.9 Å². The molecular weight excluding hydrogens is 236 g/mol. The number of carbonyl (C=O) groups excluding carboxylic acids is 1. The summed E-state index contributed by atoms with van der Waals surface area (Å²) in [5, 5.41) is 0. The van der Waals surface area contributed by atoms with Crippen LogP contribution < -0.4 is 0 Å². The van der Waals surface area contributed by atoms with Gasteiger partial charge in [0.05, 0.1) is 0 Å². The van der Waals surface area contributed by atoms with E-state index in [2.05, 4.69) is 39.0 Å². The Hall–Kier alpha value is -1.31. The Labute approximate surface area is 117 Å². The lowest BCUT2D eigenvalue weighted by molar-refractivity contribution is -0.145. The highest BCUT2D eigenvalue weighted by Gasteiger charge is 2.07. The second-order valence-corrected chi connectivity index (χ2v) is 4.97. The first-order chi connectivity index (χ1) is 9.21. The Morgan fingerprint density at radius 3 is 2.53 bits per heavy atom. The lowest BCUT2D eigenvalue weighted by atomic mass is 10.00. The van der Waals surface area contributed by atoms with Gasteiger partial charge in [-0.2, -0.15) is 0 Å². The summed E-state index contributed by atoms with van der Waals surface area (Å²) in [6.07, 6.45) is 5.65. The molecule has 0 saturated carbocycles. The van der Waals surface area contributed by atoms with E-state index >= 15 is 0 Å². The predicted octanol–water partition coefficient (Wildman–Crippen LogP) is 4.43. The van der Waals surface area contributed by atoms with E-state index in [0.717, 1.165) is 32.1 Å². The van der Waals surface area contributed by atoms with Crippen LogP contribution in [-0.2, 0) is 29.0 Å². The standard InChI is InChI=1S/C17H26O2/c1-4-7-9-17(18)19-13-16-12-14(6-3)10-11-15(16)8-5-2/h10-12H,4-9,13H2,1-3H3. The van der Waals surface area contributed by atoms with Crippen molar-refractivity contribution in [1.29, 1.82) is 0 Å². The molecule has 1 aromatic carbocycles. The molecule has 106 valence electrons. The smallest absolute Gasteiger partial charge is 0.306 e. The summed E-state index contributed by atoms with van der Waals surface area (Å²) in [6.45, 7) is 6.82. The molecule has 2 heteroatoms. The lowest BCUT2D eigenvalue weighted by Gasteiger charge is -2.11. The second-order valence-electron chi connectivity index (χ2n) is 4.97. The van der Waals surface area contributed by atoms with Gasteiger partial charge < -0.3 is 4.74 Å². The van der Waals surface area contributed by atoms with E-state index in [4.69, 9.17) is 4.74 Å². The summed E-state index contributed by atoms with van der Waals surface area (Å²) >= 11 is 0. The highest BCUT2D eigenvalue weighted by atomic mass is 16.5. The second kappa shape index (κ2) is 8.73. The third-order valence-corrected chi connectivity index (χ3v) is 3.32. The van der Waals surface area contributed by atoms with Crippen molar-refractivity contribution in [3.05, 3.63) is 34.9 Å². The highest BCUT2D eigenvalue weighted by molar-refractivity contribution is 5.69. The molecule has 19 heavy (non-hydrogen) atoms. The van der Waals surface area contributed by atoms with Gasteiger partial charge in [0.15, 0.2) is 0 Å². The summed E-state index contributed by atoms with van der Waals surface area (Å²) in [5.74, 6) is -0.0776. The molecule has 0 atom stereocenters. The summed E-state index contributed by atoms with van der Waals surface area (Å²) in [4.78, 5) is 11.6. The van der Waals surface area contributed by atoms with Crippen LogP contribution in [0.2, 0.25) is 0 Å². The van der Waals surface area contributed by atoms with Crippen molar-refractivity contribution in [3.63, 3.8) is 0 Å². The maximum Gasteiger partial charge on any atom is 0.306 e. The fourth-order valence-corrected chi connectivity index (χ4v) is 2.10. The van der Waals surface area contributed by atoms with E-state index in [0.29, 0.717) is 13.0 Å². The number of hydrogen-bond donors (Lipinski definition) is 0. The predicted molar refractivity (Wildman–Crippen MR) is 79.1 cm³/mol. The van der Waals surface area contributed by atoms with Crippen LogP contribution in [0.25, 0.3) is 0 Å². The lowest BCUT2D eigenvalue weighted by Crippen LogP contribution is -2.06. The van der Waals surface area contributed by atoms with Gasteiger partial charge in [0, 0.05) is 6.42 Å². The topological polar surface area (TPSA) is 26.3 Å². The Morgan fingerprint density at radius 1 is 1.11 bits per heavy atom. The SMILES string of the molecule is CCCCC(=O)OCc1cc(CC)ccc1CCC. The molecule has 0 radical (unpaired) electrons. The van der Waals surface area contributed by atoms with Crippen LogP contribution in [0.15, 0.2) is 18.2 Å². The average Bonchev–Trinajstić information content (AvgIpc) is 2.44. The molecule has 0 unspecified atom stereocenters. The van der Waals surface area contributed by atoms with Crippen LogP contribution in [0.1, 0.15) is 63.1 Å². The molecule has 0 spiro atoms. The molecule has 0 fully saturated rings. The third-order valence-electron chi connectivity index (χ3n) is 3.32. The van der Waals surface area contributed by atoms with Crippen LogP contribution in [0, 0.1) is 0 Å². The molecule has 0 N–H and O–H groups in total. The minimum atomic E-state index is -0.0776. The summed E-state index contributed by atoms with van der Waals surface area (Å²) < 4.78 is 5.38. The summed E-state index contributed by atoms with van der Waals surface area (Å²) in [6, 6.07) is 6.53. The maximum absolute atomic E-state index is 11.6. The average molecular weight is 262 g/mol. The number of esters is 1. The van der Waals surface area contributed by atoms with Crippen molar-refractivity contribution in [2.75, 3.05) is 0 Å². The Morgan fingerprint density at radius 2 is 1.89 bits per heavy atom. The van der Waals surface area contributed by atoms with Crippen molar-refractivity contribution in [3.8, 4) is 0 Å². The Kier molecular flexibility index (Phi) is 7.24. The van der Waals surface area contributed by atoms with E-state index in [9.17, 15) is 4.79 Å². The van der Waals surface area contributed by atoms with Gasteiger partial charge in [-0.25, -0.2) is 0 Å². The minimum absolute atomic E-state index is 0.0776. The van der Waals surface area contributed by atoms with Crippen LogP contribution in [0.4, 0.5) is 0 Å². The van der Waals surface area contributed by atoms with E-state index < -0.39 is 0 Å². The Bertz CT molecular complexity index is 396.